The number of carbonyl (C=O) groups is 2. The van der Waals surface area contributed by atoms with E-state index in [1.807, 2.05) is 67.6 Å². The number of nitrogens with zero attached hydrogens (tertiary/aromatic N) is 1. The van der Waals surface area contributed by atoms with Gasteiger partial charge in [0.1, 0.15) is 0 Å². The fraction of sp³-hybridized carbons (Fsp3) is 0.154. The molecule has 1 heterocycles. The summed E-state index contributed by atoms with van der Waals surface area (Å²) in [5.41, 5.74) is 2.13. The second kappa shape index (κ2) is 8.61. The number of rotatable bonds is 6. The van der Waals surface area contributed by atoms with E-state index in [1.165, 1.54) is 6.08 Å². The van der Waals surface area contributed by atoms with Crippen LogP contribution in [0.3, 0.4) is 0 Å². The first-order valence-corrected chi connectivity index (χ1v) is 10.8. The van der Waals surface area contributed by atoms with Gasteiger partial charge in [-0.15, -0.1) is 0 Å². The van der Waals surface area contributed by atoms with Gasteiger partial charge in [-0.25, -0.2) is 0 Å². The number of allylic oxidation sites excluding steroid dienone is 1. The summed E-state index contributed by atoms with van der Waals surface area (Å²) in [5, 5.41) is 11.4. The number of fused-ring (bicyclic) bond motifs is 1. The SMILES string of the molecule is Cc1ccc(CN2C(=O)[C@](O)(CC(=O)/C=C\c3ccccc3)c3cc(Br)ccc32)cc1. The topological polar surface area (TPSA) is 57.6 Å². The van der Waals surface area contributed by atoms with E-state index in [0.29, 0.717) is 17.8 Å². The Labute approximate surface area is 190 Å². The summed E-state index contributed by atoms with van der Waals surface area (Å²) in [6, 6.07) is 22.7. The highest BCUT2D eigenvalue weighted by molar-refractivity contribution is 9.10. The molecule has 5 heteroatoms. The molecule has 0 aromatic heterocycles. The predicted octanol–water partition coefficient (Wildman–Crippen LogP) is 5.16. The second-order valence-corrected chi connectivity index (χ2v) is 8.70. The average molecular weight is 476 g/mol. The summed E-state index contributed by atoms with van der Waals surface area (Å²) in [7, 11) is 0. The first-order valence-electron chi connectivity index (χ1n) is 10.0. The quantitative estimate of drug-likeness (QED) is 0.500. The van der Waals surface area contributed by atoms with Crippen LogP contribution in [0, 0.1) is 6.92 Å². The van der Waals surface area contributed by atoms with Crippen molar-refractivity contribution in [3.63, 3.8) is 0 Å². The largest absolute Gasteiger partial charge is 0.375 e. The minimum absolute atomic E-state index is 0.316. The average Bonchev–Trinajstić information content (AvgIpc) is 2.96. The molecule has 0 fully saturated rings. The summed E-state index contributed by atoms with van der Waals surface area (Å²) in [6.07, 6.45) is 2.79. The lowest BCUT2D eigenvalue weighted by molar-refractivity contribution is -0.140. The van der Waals surface area contributed by atoms with Crippen molar-refractivity contribution in [2.75, 3.05) is 4.90 Å². The van der Waals surface area contributed by atoms with Gasteiger partial charge >= 0.3 is 0 Å². The third-order valence-corrected chi connectivity index (χ3v) is 5.94. The first-order chi connectivity index (χ1) is 14.9. The third kappa shape index (κ3) is 4.38. The molecule has 4 rings (SSSR count). The zero-order chi connectivity index (χ0) is 22.0. The Hall–Kier alpha value is -3.02. The van der Waals surface area contributed by atoms with E-state index in [-0.39, 0.29) is 12.2 Å². The molecule has 31 heavy (non-hydrogen) atoms. The number of carbonyl (C=O) groups excluding carboxylic acids is 2. The molecule has 0 aliphatic carbocycles. The van der Waals surface area contributed by atoms with E-state index in [0.717, 1.165) is 21.2 Å². The van der Waals surface area contributed by atoms with Crippen LogP contribution in [0.15, 0.2) is 83.3 Å². The number of aliphatic hydroxyl groups is 1. The van der Waals surface area contributed by atoms with Crippen LogP contribution < -0.4 is 4.90 Å². The maximum absolute atomic E-state index is 13.4. The molecule has 3 aromatic rings. The highest BCUT2D eigenvalue weighted by Gasteiger charge is 2.50. The highest BCUT2D eigenvalue weighted by atomic mass is 79.9. The van der Waals surface area contributed by atoms with Gasteiger partial charge < -0.3 is 10.0 Å². The van der Waals surface area contributed by atoms with Gasteiger partial charge in [-0.1, -0.05) is 82.2 Å². The van der Waals surface area contributed by atoms with Crippen molar-refractivity contribution < 1.29 is 14.7 Å². The predicted molar refractivity (Wildman–Crippen MR) is 126 cm³/mol. The van der Waals surface area contributed by atoms with Gasteiger partial charge in [0.2, 0.25) is 0 Å². The molecule has 0 saturated carbocycles. The minimum atomic E-state index is -1.90. The number of benzene rings is 3. The lowest BCUT2D eigenvalue weighted by Crippen LogP contribution is -2.41. The van der Waals surface area contributed by atoms with Crippen LogP contribution in [0.4, 0.5) is 5.69 Å². The van der Waals surface area contributed by atoms with Crippen molar-refractivity contribution in [2.45, 2.75) is 25.5 Å². The molecule has 156 valence electrons. The van der Waals surface area contributed by atoms with E-state index in [1.54, 1.807) is 23.1 Å². The van der Waals surface area contributed by atoms with Crippen molar-refractivity contribution in [1.29, 1.82) is 0 Å². The molecule has 0 saturated heterocycles. The monoisotopic (exact) mass is 475 g/mol. The van der Waals surface area contributed by atoms with Crippen molar-refractivity contribution in [3.8, 4) is 0 Å². The smallest absolute Gasteiger partial charge is 0.264 e. The van der Waals surface area contributed by atoms with Gasteiger partial charge in [0.05, 0.1) is 18.7 Å². The molecule has 1 atom stereocenters. The standard InChI is InChI=1S/C26H22BrNO3/c1-18-7-9-20(10-8-18)17-28-24-14-12-21(27)15-23(24)26(31,25(28)30)16-22(29)13-11-19-5-3-2-4-6-19/h2-15,31H,16-17H2,1H3/b13-11-/t26-/m0/s1. The maximum atomic E-state index is 13.4. The van der Waals surface area contributed by atoms with Gasteiger partial charge in [-0.2, -0.15) is 0 Å². The number of aryl methyl sites for hydroxylation is 1. The van der Waals surface area contributed by atoms with Crippen LogP contribution in [0.25, 0.3) is 6.08 Å². The zero-order valence-electron chi connectivity index (χ0n) is 17.1. The van der Waals surface area contributed by atoms with E-state index in [4.69, 9.17) is 0 Å². The zero-order valence-corrected chi connectivity index (χ0v) is 18.7. The Bertz CT molecular complexity index is 1160. The molecule has 0 radical (unpaired) electrons. The molecule has 0 bridgehead atoms. The number of ketones is 1. The van der Waals surface area contributed by atoms with E-state index in [9.17, 15) is 14.7 Å². The molecule has 1 amide bonds. The summed E-state index contributed by atoms with van der Waals surface area (Å²) in [5.74, 6) is -0.801. The molecule has 1 aliphatic rings. The van der Waals surface area contributed by atoms with Crippen LogP contribution in [-0.2, 0) is 21.7 Å². The highest BCUT2D eigenvalue weighted by Crippen LogP contribution is 2.44. The number of hydrogen-bond acceptors (Lipinski definition) is 3. The molecular formula is C26H22BrNO3. The van der Waals surface area contributed by atoms with Gasteiger partial charge in [-0.05, 0) is 42.3 Å². The number of halogens is 1. The van der Waals surface area contributed by atoms with Crippen molar-refractivity contribution in [3.05, 3.63) is 106 Å². The van der Waals surface area contributed by atoms with Crippen molar-refractivity contribution >= 4 is 39.4 Å². The Morgan fingerprint density at radius 1 is 1.06 bits per heavy atom. The Morgan fingerprint density at radius 2 is 1.77 bits per heavy atom. The molecule has 1 aliphatic heterocycles. The lowest BCUT2D eigenvalue weighted by atomic mass is 9.89. The van der Waals surface area contributed by atoms with Crippen LogP contribution in [0.2, 0.25) is 0 Å². The molecular weight excluding hydrogens is 454 g/mol. The molecule has 4 nitrogen and oxygen atoms in total. The summed E-state index contributed by atoms with van der Waals surface area (Å²) in [6.45, 7) is 2.33. The fourth-order valence-corrected chi connectivity index (χ4v) is 4.15. The van der Waals surface area contributed by atoms with E-state index >= 15 is 0 Å². The Morgan fingerprint density at radius 3 is 2.48 bits per heavy atom. The van der Waals surface area contributed by atoms with Crippen LogP contribution in [0.5, 0.6) is 0 Å². The molecule has 0 unspecified atom stereocenters. The summed E-state index contributed by atoms with van der Waals surface area (Å²) < 4.78 is 0.738. The fourth-order valence-electron chi connectivity index (χ4n) is 3.79. The van der Waals surface area contributed by atoms with E-state index < -0.39 is 11.5 Å². The number of amides is 1. The molecule has 3 aromatic carbocycles. The summed E-state index contributed by atoms with van der Waals surface area (Å²) in [4.78, 5) is 27.6. The van der Waals surface area contributed by atoms with Crippen molar-refractivity contribution in [2.24, 2.45) is 0 Å². The second-order valence-electron chi connectivity index (χ2n) is 7.79. The molecule has 1 N–H and O–H groups in total. The van der Waals surface area contributed by atoms with Crippen LogP contribution in [0.1, 0.15) is 28.7 Å². The Kier molecular flexibility index (Phi) is 5.90. The molecule has 0 spiro atoms. The first kappa shape index (κ1) is 21.2. The maximum Gasteiger partial charge on any atom is 0.264 e. The number of anilines is 1. The number of hydrogen-bond donors (Lipinski definition) is 1. The van der Waals surface area contributed by atoms with Crippen molar-refractivity contribution in [1.82, 2.24) is 0 Å². The van der Waals surface area contributed by atoms with Crippen LogP contribution in [-0.4, -0.2) is 16.8 Å². The van der Waals surface area contributed by atoms with Gasteiger partial charge in [0.25, 0.3) is 5.91 Å². The Balaban J connectivity index is 1.63. The van der Waals surface area contributed by atoms with Gasteiger partial charge in [0, 0.05) is 10.0 Å². The van der Waals surface area contributed by atoms with Gasteiger partial charge in [-0.3, -0.25) is 9.59 Å². The lowest BCUT2D eigenvalue weighted by Gasteiger charge is -2.22. The normalized spacial score (nSPS) is 17.9. The van der Waals surface area contributed by atoms with Gasteiger partial charge in [0.15, 0.2) is 11.4 Å². The van der Waals surface area contributed by atoms with E-state index in [2.05, 4.69) is 15.9 Å². The summed E-state index contributed by atoms with van der Waals surface area (Å²) >= 11 is 3.42. The van der Waals surface area contributed by atoms with Crippen LogP contribution >= 0.6 is 15.9 Å². The minimum Gasteiger partial charge on any atom is -0.375 e. The third-order valence-electron chi connectivity index (χ3n) is 5.45.